The summed E-state index contributed by atoms with van der Waals surface area (Å²) in [5.41, 5.74) is 4.03. The van der Waals surface area contributed by atoms with Crippen LogP contribution in [0.15, 0.2) is 23.8 Å². The van der Waals surface area contributed by atoms with E-state index in [2.05, 4.69) is 43.0 Å². The minimum Gasteiger partial charge on any atom is -0.490 e. The standard InChI is InChI=1S/C30H40N2O4/c1-5-34-26-14-20-10-13-32(25(9-12-31)21(20)16-27(26)35-6-2)18-23-22-15-24-19(3)8-7-11-30(24,4)17-28(22)36-29(23)33/h14-16,19,22-23,25,28H,5-11,13,17-18H2,1-4H3. The van der Waals surface area contributed by atoms with Crippen LogP contribution in [0.25, 0.3) is 0 Å². The van der Waals surface area contributed by atoms with Crippen LogP contribution in [0, 0.1) is 34.5 Å². The smallest absolute Gasteiger partial charge is 0.311 e. The number of hydrogen-bond acceptors (Lipinski definition) is 6. The lowest BCUT2D eigenvalue weighted by Crippen LogP contribution is -2.43. The molecule has 0 aromatic heterocycles. The van der Waals surface area contributed by atoms with Crippen LogP contribution in [0.4, 0.5) is 0 Å². The van der Waals surface area contributed by atoms with E-state index in [0.717, 1.165) is 36.4 Å². The number of allylic oxidation sites excluding steroid dienone is 1. The van der Waals surface area contributed by atoms with Crippen LogP contribution in [0.3, 0.4) is 0 Å². The molecular weight excluding hydrogens is 452 g/mol. The van der Waals surface area contributed by atoms with Gasteiger partial charge in [0.15, 0.2) is 11.5 Å². The predicted molar refractivity (Wildman–Crippen MR) is 138 cm³/mol. The number of fused-ring (bicyclic) bond motifs is 3. The Balaban J connectivity index is 1.43. The first-order valence-electron chi connectivity index (χ1n) is 13.8. The third-order valence-corrected chi connectivity index (χ3v) is 9.07. The third-order valence-electron chi connectivity index (χ3n) is 9.07. The molecule has 2 heterocycles. The molecule has 1 saturated carbocycles. The molecule has 4 aliphatic rings. The zero-order chi connectivity index (χ0) is 25.4. The Morgan fingerprint density at radius 1 is 1.22 bits per heavy atom. The van der Waals surface area contributed by atoms with Gasteiger partial charge in [0, 0.05) is 25.0 Å². The Hall–Kier alpha value is -2.52. The van der Waals surface area contributed by atoms with Gasteiger partial charge in [0.25, 0.3) is 0 Å². The summed E-state index contributed by atoms with van der Waals surface area (Å²) >= 11 is 0. The highest BCUT2D eigenvalue weighted by Crippen LogP contribution is 2.54. The van der Waals surface area contributed by atoms with Crippen LogP contribution in [0.1, 0.15) is 77.0 Å². The van der Waals surface area contributed by atoms with Crippen molar-refractivity contribution in [2.24, 2.45) is 23.2 Å². The molecule has 1 saturated heterocycles. The van der Waals surface area contributed by atoms with Crippen LogP contribution in [0.5, 0.6) is 11.5 Å². The predicted octanol–water partition coefficient (Wildman–Crippen LogP) is 5.61. The number of nitrogens with zero attached hydrogens (tertiary/aromatic N) is 2. The number of carbonyl (C=O) groups excluding carboxylic acids is 1. The van der Waals surface area contributed by atoms with Crippen LogP contribution < -0.4 is 9.47 Å². The summed E-state index contributed by atoms with van der Waals surface area (Å²) in [5.74, 6) is 1.95. The lowest BCUT2D eigenvalue weighted by atomic mass is 9.59. The van der Waals surface area contributed by atoms with E-state index in [9.17, 15) is 10.1 Å². The summed E-state index contributed by atoms with van der Waals surface area (Å²) in [7, 11) is 0. The van der Waals surface area contributed by atoms with Gasteiger partial charge >= 0.3 is 5.97 Å². The number of nitriles is 1. The minimum absolute atomic E-state index is 0.0219. The van der Waals surface area contributed by atoms with Crippen molar-refractivity contribution in [3.8, 4) is 17.6 Å². The van der Waals surface area contributed by atoms with E-state index in [1.54, 1.807) is 5.57 Å². The van der Waals surface area contributed by atoms with E-state index in [0.29, 0.717) is 32.1 Å². The number of esters is 1. The maximum Gasteiger partial charge on any atom is 0.311 e. The number of rotatable bonds is 7. The fraction of sp³-hybridized carbons (Fsp3) is 0.667. The molecule has 0 radical (unpaired) electrons. The van der Waals surface area contributed by atoms with Crippen LogP contribution in [0.2, 0.25) is 0 Å². The largest absolute Gasteiger partial charge is 0.490 e. The Morgan fingerprint density at radius 2 is 1.97 bits per heavy atom. The van der Waals surface area contributed by atoms with Gasteiger partial charge in [0.05, 0.1) is 31.6 Å². The lowest BCUT2D eigenvalue weighted by Gasteiger charge is -2.46. The molecule has 6 unspecified atom stereocenters. The Morgan fingerprint density at radius 3 is 2.69 bits per heavy atom. The molecule has 5 rings (SSSR count). The van der Waals surface area contributed by atoms with Gasteiger partial charge in [-0.25, -0.2) is 0 Å². The second kappa shape index (κ2) is 10.1. The topological polar surface area (TPSA) is 71.8 Å². The van der Waals surface area contributed by atoms with Crippen molar-refractivity contribution in [1.82, 2.24) is 4.90 Å². The van der Waals surface area contributed by atoms with Crippen LogP contribution in [-0.2, 0) is 16.0 Å². The first-order chi connectivity index (χ1) is 17.4. The Labute approximate surface area is 215 Å². The van der Waals surface area contributed by atoms with Crippen molar-refractivity contribution in [3.05, 3.63) is 34.9 Å². The van der Waals surface area contributed by atoms with Gasteiger partial charge in [0.2, 0.25) is 0 Å². The SMILES string of the molecule is CCOc1cc2c(cc1OCC)C(CC#N)N(CC1C(=O)OC3CC4(C)CCCC(C)C4=CC31)CC2. The van der Waals surface area contributed by atoms with Crippen molar-refractivity contribution < 1.29 is 19.0 Å². The number of benzene rings is 1. The summed E-state index contributed by atoms with van der Waals surface area (Å²) in [6.07, 6.45) is 8.25. The zero-order valence-electron chi connectivity index (χ0n) is 22.2. The van der Waals surface area contributed by atoms with Gasteiger partial charge in [-0.05, 0) is 74.1 Å². The fourth-order valence-corrected chi connectivity index (χ4v) is 7.35. The Bertz CT molecular complexity index is 1080. The van der Waals surface area contributed by atoms with Gasteiger partial charge in [-0.3, -0.25) is 9.69 Å². The monoisotopic (exact) mass is 492 g/mol. The highest BCUT2D eigenvalue weighted by Gasteiger charge is 2.52. The minimum atomic E-state index is -0.182. The zero-order valence-corrected chi connectivity index (χ0v) is 22.2. The quantitative estimate of drug-likeness (QED) is 0.364. The maximum atomic E-state index is 13.2. The normalized spacial score (nSPS) is 33.5. The van der Waals surface area contributed by atoms with E-state index in [1.165, 1.54) is 24.8 Å². The van der Waals surface area contributed by atoms with E-state index in [4.69, 9.17) is 14.2 Å². The molecular formula is C30H40N2O4. The third kappa shape index (κ3) is 4.41. The van der Waals surface area contributed by atoms with Gasteiger partial charge < -0.3 is 14.2 Å². The highest BCUT2D eigenvalue weighted by molar-refractivity contribution is 5.76. The highest BCUT2D eigenvalue weighted by atomic mass is 16.6. The van der Waals surface area contributed by atoms with Gasteiger partial charge in [0.1, 0.15) is 6.10 Å². The molecule has 1 aromatic rings. The number of carbonyl (C=O) groups is 1. The summed E-state index contributed by atoms with van der Waals surface area (Å²) in [5, 5.41) is 9.73. The average Bonchev–Trinajstić information content (AvgIpc) is 3.13. The summed E-state index contributed by atoms with van der Waals surface area (Å²) in [6.45, 7) is 11.2. The second-order valence-corrected chi connectivity index (χ2v) is 11.3. The molecule has 6 atom stereocenters. The van der Waals surface area contributed by atoms with Gasteiger partial charge in [-0.1, -0.05) is 31.9 Å². The average molecular weight is 493 g/mol. The number of ether oxygens (including phenoxy) is 3. The molecule has 0 amide bonds. The first kappa shape index (κ1) is 25.1. The molecule has 6 heteroatoms. The molecule has 6 nitrogen and oxygen atoms in total. The molecule has 0 spiro atoms. The molecule has 0 bridgehead atoms. The van der Waals surface area contributed by atoms with E-state index < -0.39 is 0 Å². The van der Waals surface area contributed by atoms with Gasteiger partial charge in [-0.15, -0.1) is 0 Å². The summed E-state index contributed by atoms with van der Waals surface area (Å²) < 4.78 is 17.8. The lowest BCUT2D eigenvalue weighted by molar-refractivity contribution is -0.145. The summed E-state index contributed by atoms with van der Waals surface area (Å²) in [6, 6.07) is 6.47. The van der Waals surface area contributed by atoms with E-state index >= 15 is 0 Å². The first-order valence-corrected chi connectivity index (χ1v) is 13.8. The molecule has 2 fully saturated rings. The Kier molecular flexibility index (Phi) is 7.05. The van der Waals surface area contributed by atoms with Gasteiger partial charge in [-0.2, -0.15) is 5.26 Å². The number of hydrogen-bond donors (Lipinski definition) is 0. The van der Waals surface area contributed by atoms with Crippen molar-refractivity contribution in [2.45, 2.75) is 78.4 Å². The van der Waals surface area contributed by atoms with Crippen LogP contribution in [-0.4, -0.2) is 43.3 Å². The van der Waals surface area contributed by atoms with E-state index in [1.807, 2.05) is 13.8 Å². The van der Waals surface area contributed by atoms with Crippen molar-refractivity contribution >= 4 is 5.97 Å². The second-order valence-electron chi connectivity index (χ2n) is 11.3. The molecule has 36 heavy (non-hydrogen) atoms. The van der Waals surface area contributed by atoms with E-state index in [-0.39, 0.29) is 35.4 Å². The van der Waals surface area contributed by atoms with Crippen molar-refractivity contribution in [3.63, 3.8) is 0 Å². The molecule has 194 valence electrons. The van der Waals surface area contributed by atoms with Crippen molar-refractivity contribution in [1.29, 1.82) is 5.26 Å². The summed E-state index contributed by atoms with van der Waals surface area (Å²) in [4.78, 5) is 15.5. The van der Waals surface area contributed by atoms with Crippen molar-refractivity contribution in [2.75, 3.05) is 26.3 Å². The van der Waals surface area contributed by atoms with Crippen LogP contribution >= 0.6 is 0 Å². The molecule has 1 aromatic carbocycles. The fourth-order valence-electron chi connectivity index (χ4n) is 7.35. The molecule has 2 aliphatic heterocycles. The maximum absolute atomic E-state index is 13.2. The molecule has 0 N–H and O–H groups in total. The molecule has 2 aliphatic carbocycles.